The highest BCUT2D eigenvalue weighted by Gasteiger charge is 2.38. The van der Waals surface area contributed by atoms with Crippen molar-refractivity contribution in [3.63, 3.8) is 0 Å². The van der Waals surface area contributed by atoms with Crippen molar-refractivity contribution in [1.82, 2.24) is 15.0 Å². The number of hydrogen-bond acceptors (Lipinski definition) is 5. The highest BCUT2D eigenvalue weighted by Crippen LogP contribution is 2.38. The number of amides is 1. The summed E-state index contributed by atoms with van der Waals surface area (Å²) in [5.41, 5.74) is 0.988. The second-order valence-electron chi connectivity index (χ2n) is 6.32. The van der Waals surface area contributed by atoms with E-state index in [1.165, 1.54) is 0 Å². The lowest BCUT2D eigenvalue weighted by atomic mass is 9.91. The van der Waals surface area contributed by atoms with Crippen LogP contribution in [0.5, 0.6) is 5.75 Å². The number of para-hydroxylation sites is 1. The summed E-state index contributed by atoms with van der Waals surface area (Å²) in [6.45, 7) is 3.31. The Morgan fingerprint density at radius 3 is 3.04 bits per heavy atom. The van der Waals surface area contributed by atoms with E-state index in [0.717, 1.165) is 30.7 Å². The zero-order valence-corrected chi connectivity index (χ0v) is 13.8. The predicted molar refractivity (Wildman–Crippen MR) is 86.7 cm³/mol. The molecule has 2 aliphatic heterocycles. The number of ether oxygens (including phenoxy) is 1. The van der Waals surface area contributed by atoms with E-state index in [1.807, 2.05) is 36.1 Å². The van der Waals surface area contributed by atoms with Crippen molar-refractivity contribution in [2.75, 3.05) is 13.2 Å². The number of nitrogens with zero attached hydrogens (tertiary/aromatic N) is 3. The lowest BCUT2D eigenvalue weighted by molar-refractivity contribution is -0.134. The van der Waals surface area contributed by atoms with Crippen molar-refractivity contribution >= 4 is 5.91 Å². The number of aromatic nitrogens is 2. The van der Waals surface area contributed by atoms with Crippen LogP contribution in [0.25, 0.3) is 0 Å². The molecule has 2 unspecified atom stereocenters. The molecule has 0 bridgehead atoms. The Bertz CT molecular complexity index is 743. The van der Waals surface area contributed by atoms with Gasteiger partial charge in [0.1, 0.15) is 5.75 Å². The van der Waals surface area contributed by atoms with Gasteiger partial charge in [0.25, 0.3) is 0 Å². The Balaban J connectivity index is 1.60. The van der Waals surface area contributed by atoms with Crippen LogP contribution in [-0.4, -0.2) is 34.1 Å². The quantitative estimate of drug-likeness (QED) is 0.867. The molecule has 6 nitrogen and oxygen atoms in total. The van der Waals surface area contributed by atoms with E-state index in [9.17, 15) is 4.79 Å². The molecule has 0 spiro atoms. The predicted octanol–water partition coefficient (Wildman–Crippen LogP) is 2.86. The standard InChI is InChI=1S/C18H21N3O3/c1-2-16-19-17(20-24-16)14-7-5-10-21(14)18(22)13-9-11-23-15-8-4-3-6-12(13)15/h3-4,6,8,13-14H,2,5,7,9-11H2,1H3. The second kappa shape index (κ2) is 6.26. The number of benzene rings is 1. The lowest BCUT2D eigenvalue weighted by Crippen LogP contribution is -2.37. The summed E-state index contributed by atoms with van der Waals surface area (Å²) < 4.78 is 10.9. The number of likely N-dealkylation sites (tertiary alicyclic amines) is 1. The van der Waals surface area contributed by atoms with Crippen LogP contribution in [0.3, 0.4) is 0 Å². The molecule has 126 valence electrons. The van der Waals surface area contributed by atoms with Crippen molar-refractivity contribution in [2.24, 2.45) is 0 Å². The van der Waals surface area contributed by atoms with E-state index in [2.05, 4.69) is 10.1 Å². The molecule has 0 N–H and O–H groups in total. The lowest BCUT2D eigenvalue weighted by Gasteiger charge is -2.30. The van der Waals surface area contributed by atoms with E-state index < -0.39 is 0 Å². The highest BCUT2D eigenvalue weighted by atomic mass is 16.5. The Labute approximate surface area is 140 Å². The molecule has 4 rings (SSSR count). The van der Waals surface area contributed by atoms with Crippen LogP contribution in [0.1, 0.15) is 55.4 Å². The van der Waals surface area contributed by atoms with Gasteiger partial charge in [-0.2, -0.15) is 4.98 Å². The number of carbonyl (C=O) groups is 1. The minimum atomic E-state index is -0.145. The summed E-state index contributed by atoms with van der Waals surface area (Å²) in [5.74, 6) is 2.09. The first kappa shape index (κ1) is 15.2. The minimum absolute atomic E-state index is 0.0726. The third kappa shape index (κ3) is 2.56. The maximum Gasteiger partial charge on any atom is 0.231 e. The summed E-state index contributed by atoms with van der Waals surface area (Å²) in [6, 6.07) is 7.75. The molecule has 0 saturated carbocycles. The normalized spacial score (nSPS) is 23.0. The van der Waals surface area contributed by atoms with E-state index in [0.29, 0.717) is 31.2 Å². The first-order valence-electron chi connectivity index (χ1n) is 8.62. The van der Waals surface area contributed by atoms with Gasteiger partial charge < -0.3 is 14.2 Å². The van der Waals surface area contributed by atoms with Crippen molar-refractivity contribution in [2.45, 2.75) is 44.6 Å². The number of aryl methyl sites for hydroxylation is 1. The average molecular weight is 327 g/mol. The Hall–Kier alpha value is -2.37. The summed E-state index contributed by atoms with van der Waals surface area (Å²) in [7, 11) is 0. The molecule has 1 saturated heterocycles. The largest absolute Gasteiger partial charge is 0.493 e. The van der Waals surface area contributed by atoms with Crippen LogP contribution in [0.15, 0.2) is 28.8 Å². The molecule has 1 aromatic carbocycles. The van der Waals surface area contributed by atoms with Gasteiger partial charge in [0.2, 0.25) is 11.8 Å². The molecule has 24 heavy (non-hydrogen) atoms. The molecule has 6 heteroatoms. The monoisotopic (exact) mass is 327 g/mol. The fraction of sp³-hybridized carbons (Fsp3) is 0.500. The molecule has 0 aliphatic carbocycles. The third-order valence-electron chi connectivity index (χ3n) is 4.88. The summed E-state index contributed by atoms with van der Waals surface area (Å²) >= 11 is 0. The van der Waals surface area contributed by atoms with Gasteiger partial charge in [-0.15, -0.1) is 0 Å². The zero-order valence-electron chi connectivity index (χ0n) is 13.8. The van der Waals surface area contributed by atoms with Gasteiger partial charge in [0, 0.05) is 18.5 Å². The van der Waals surface area contributed by atoms with Gasteiger partial charge in [-0.3, -0.25) is 4.79 Å². The van der Waals surface area contributed by atoms with Crippen molar-refractivity contribution in [3.8, 4) is 5.75 Å². The van der Waals surface area contributed by atoms with Crippen molar-refractivity contribution in [3.05, 3.63) is 41.5 Å². The third-order valence-corrected chi connectivity index (χ3v) is 4.88. The molecular weight excluding hydrogens is 306 g/mol. The molecule has 3 heterocycles. The molecule has 2 aliphatic rings. The molecular formula is C18H21N3O3. The van der Waals surface area contributed by atoms with Gasteiger partial charge in [-0.1, -0.05) is 30.3 Å². The molecule has 2 atom stereocenters. The van der Waals surface area contributed by atoms with Gasteiger partial charge in [-0.25, -0.2) is 0 Å². The average Bonchev–Trinajstić information content (AvgIpc) is 3.29. The van der Waals surface area contributed by atoms with Crippen molar-refractivity contribution < 1.29 is 14.1 Å². The van der Waals surface area contributed by atoms with Crippen LogP contribution in [0.2, 0.25) is 0 Å². The fourth-order valence-corrected chi connectivity index (χ4v) is 3.64. The van der Waals surface area contributed by atoms with Crippen LogP contribution in [-0.2, 0) is 11.2 Å². The van der Waals surface area contributed by atoms with E-state index in [-0.39, 0.29) is 17.9 Å². The molecule has 1 amide bonds. The Kier molecular flexibility index (Phi) is 3.96. The molecule has 2 aromatic rings. The number of hydrogen-bond donors (Lipinski definition) is 0. The van der Waals surface area contributed by atoms with Gasteiger partial charge >= 0.3 is 0 Å². The van der Waals surface area contributed by atoms with Crippen LogP contribution in [0, 0.1) is 0 Å². The summed E-state index contributed by atoms with van der Waals surface area (Å²) in [6.07, 6.45) is 3.28. The fourth-order valence-electron chi connectivity index (χ4n) is 3.64. The summed E-state index contributed by atoms with van der Waals surface area (Å²) in [4.78, 5) is 19.6. The maximum absolute atomic E-state index is 13.2. The minimum Gasteiger partial charge on any atom is -0.493 e. The van der Waals surface area contributed by atoms with Crippen LogP contribution < -0.4 is 4.74 Å². The zero-order chi connectivity index (χ0) is 16.5. The smallest absolute Gasteiger partial charge is 0.231 e. The maximum atomic E-state index is 13.2. The van der Waals surface area contributed by atoms with Crippen LogP contribution in [0.4, 0.5) is 0 Å². The molecule has 1 fully saturated rings. The Morgan fingerprint density at radius 1 is 1.33 bits per heavy atom. The topological polar surface area (TPSA) is 68.5 Å². The second-order valence-corrected chi connectivity index (χ2v) is 6.32. The highest BCUT2D eigenvalue weighted by molar-refractivity contribution is 5.85. The van der Waals surface area contributed by atoms with Gasteiger partial charge in [0.15, 0.2) is 5.82 Å². The van der Waals surface area contributed by atoms with Crippen LogP contribution >= 0.6 is 0 Å². The molecule has 1 aromatic heterocycles. The number of rotatable bonds is 3. The summed E-state index contributed by atoms with van der Waals surface area (Å²) in [5, 5.41) is 4.09. The van der Waals surface area contributed by atoms with Gasteiger partial charge in [-0.05, 0) is 25.3 Å². The van der Waals surface area contributed by atoms with Gasteiger partial charge in [0.05, 0.1) is 18.6 Å². The SMILES string of the molecule is CCc1nc(C2CCCN2C(=O)C2CCOc3ccccc32)no1. The first-order valence-corrected chi connectivity index (χ1v) is 8.62. The number of fused-ring (bicyclic) bond motifs is 1. The van der Waals surface area contributed by atoms with E-state index >= 15 is 0 Å². The Morgan fingerprint density at radius 2 is 2.21 bits per heavy atom. The molecule has 0 radical (unpaired) electrons. The van der Waals surface area contributed by atoms with Crippen molar-refractivity contribution in [1.29, 1.82) is 0 Å². The van der Waals surface area contributed by atoms with E-state index in [1.54, 1.807) is 0 Å². The first-order chi connectivity index (χ1) is 11.8. The van der Waals surface area contributed by atoms with E-state index in [4.69, 9.17) is 9.26 Å². The number of carbonyl (C=O) groups excluding carboxylic acids is 1.